The van der Waals surface area contributed by atoms with Crippen LogP contribution >= 0.6 is 0 Å². The lowest BCUT2D eigenvalue weighted by atomic mass is 10.1. The third-order valence-electron chi connectivity index (χ3n) is 3.39. The molecule has 0 saturated carbocycles. The molecule has 1 aliphatic rings. The molecule has 0 atom stereocenters. The lowest BCUT2D eigenvalue weighted by Crippen LogP contribution is -2.37. The van der Waals surface area contributed by atoms with Crippen LogP contribution < -0.4 is 10.2 Å². The maximum Gasteiger partial charge on any atom is 0.130 e. The Balaban J connectivity index is 2.02. The number of aromatic nitrogens is 1. The van der Waals surface area contributed by atoms with Crippen molar-refractivity contribution in [2.24, 2.45) is 0 Å². The smallest absolute Gasteiger partial charge is 0.130 e. The predicted octanol–water partition coefficient (Wildman–Crippen LogP) is 2.52. The summed E-state index contributed by atoms with van der Waals surface area (Å²) in [7, 11) is 2.13. The standard InChI is InChI=1S/C14H23N3O/c1-3-9-15-13-5-4-6-14(16-13)17(2)12-7-10-18-11-8-12/h4-6,12H,3,7-11H2,1-2H3,(H,15,16). The van der Waals surface area contributed by atoms with Crippen LogP contribution in [-0.4, -0.2) is 37.8 Å². The molecule has 0 radical (unpaired) electrons. The molecule has 0 bridgehead atoms. The predicted molar refractivity (Wildman–Crippen MR) is 75.3 cm³/mol. The molecule has 4 nitrogen and oxygen atoms in total. The van der Waals surface area contributed by atoms with Crippen molar-refractivity contribution in [2.45, 2.75) is 32.2 Å². The molecule has 0 amide bonds. The van der Waals surface area contributed by atoms with E-state index in [-0.39, 0.29) is 0 Å². The third-order valence-corrected chi connectivity index (χ3v) is 3.39. The Morgan fingerprint density at radius 3 is 2.89 bits per heavy atom. The van der Waals surface area contributed by atoms with Gasteiger partial charge in [0.2, 0.25) is 0 Å². The monoisotopic (exact) mass is 249 g/mol. The van der Waals surface area contributed by atoms with Gasteiger partial charge in [-0.15, -0.1) is 0 Å². The first-order valence-electron chi connectivity index (χ1n) is 6.82. The summed E-state index contributed by atoms with van der Waals surface area (Å²) in [6.07, 6.45) is 3.29. The number of pyridine rings is 1. The fourth-order valence-corrected chi connectivity index (χ4v) is 2.23. The van der Waals surface area contributed by atoms with Gasteiger partial charge < -0.3 is 15.0 Å². The summed E-state index contributed by atoms with van der Waals surface area (Å²) in [5.74, 6) is 2.01. The Labute approximate surface area is 109 Å². The van der Waals surface area contributed by atoms with Crippen LogP contribution in [0.4, 0.5) is 11.6 Å². The SMILES string of the molecule is CCCNc1cccc(N(C)C2CCOCC2)n1. The van der Waals surface area contributed by atoms with E-state index in [1.165, 1.54) is 0 Å². The van der Waals surface area contributed by atoms with Gasteiger partial charge in [-0.25, -0.2) is 4.98 Å². The molecule has 4 heteroatoms. The summed E-state index contributed by atoms with van der Waals surface area (Å²) in [5, 5.41) is 3.33. The van der Waals surface area contributed by atoms with Crippen LogP contribution in [0, 0.1) is 0 Å². The van der Waals surface area contributed by atoms with Crippen molar-refractivity contribution in [1.82, 2.24) is 4.98 Å². The molecule has 0 aromatic carbocycles. The third kappa shape index (κ3) is 3.35. The number of nitrogens with one attached hydrogen (secondary N) is 1. The summed E-state index contributed by atoms with van der Waals surface area (Å²) in [4.78, 5) is 6.94. The van der Waals surface area contributed by atoms with Gasteiger partial charge in [-0.1, -0.05) is 13.0 Å². The quantitative estimate of drug-likeness (QED) is 0.870. The summed E-state index contributed by atoms with van der Waals surface area (Å²) in [6.45, 7) is 4.86. The average molecular weight is 249 g/mol. The molecule has 1 N–H and O–H groups in total. The van der Waals surface area contributed by atoms with Gasteiger partial charge in [-0.05, 0) is 31.4 Å². The zero-order chi connectivity index (χ0) is 12.8. The number of nitrogens with zero attached hydrogens (tertiary/aromatic N) is 2. The van der Waals surface area contributed by atoms with Crippen molar-refractivity contribution in [3.63, 3.8) is 0 Å². The van der Waals surface area contributed by atoms with E-state index in [0.717, 1.165) is 50.7 Å². The van der Waals surface area contributed by atoms with Crippen molar-refractivity contribution in [2.75, 3.05) is 37.0 Å². The van der Waals surface area contributed by atoms with E-state index in [4.69, 9.17) is 4.74 Å². The van der Waals surface area contributed by atoms with E-state index in [2.05, 4.69) is 41.3 Å². The summed E-state index contributed by atoms with van der Waals surface area (Å²) in [5.41, 5.74) is 0. The Bertz CT molecular complexity index is 364. The molecule has 1 aliphatic heterocycles. The largest absolute Gasteiger partial charge is 0.381 e. The molecule has 1 aromatic rings. The highest BCUT2D eigenvalue weighted by Gasteiger charge is 2.19. The van der Waals surface area contributed by atoms with Crippen LogP contribution in [0.3, 0.4) is 0 Å². The van der Waals surface area contributed by atoms with Crippen LogP contribution in [0.15, 0.2) is 18.2 Å². The van der Waals surface area contributed by atoms with E-state index >= 15 is 0 Å². The number of anilines is 2. The van der Waals surface area contributed by atoms with Gasteiger partial charge in [0.25, 0.3) is 0 Å². The summed E-state index contributed by atoms with van der Waals surface area (Å²) >= 11 is 0. The average Bonchev–Trinajstić information content (AvgIpc) is 2.45. The molecule has 2 rings (SSSR count). The van der Waals surface area contributed by atoms with E-state index in [1.54, 1.807) is 0 Å². The molecule has 0 aliphatic carbocycles. The molecule has 0 unspecified atom stereocenters. The number of hydrogen-bond donors (Lipinski definition) is 1. The van der Waals surface area contributed by atoms with E-state index < -0.39 is 0 Å². The van der Waals surface area contributed by atoms with E-state index in [9.17, 15) is 0 Å². The Morgan fingerprint density at radius 1 is 1.39 bits per heavy atom. The molecule has 18 heavy (non-hydrogen) atoms. The Kier molecular flexibility index (Phi) is 4.81. The summed E-state index contributed by atoms with van der Waals surface area (Å²) < 4.78 is 5.40. The highest BCUT2D eigenvalue weighted by Crippen LogP contribution is 2.20. The fourth-order valence-electron chi connectivity index (χ4n) is 2.23. The first kappa shape index (κ1) is 13.1. The van der Waals surface area contributed by atoms with E-state index in [1.807, 2.05) is 6.07 Å². The molecule has 2 heterocycles. The van der Waals surface area contributed by atoms with Gasteiger partial charge in [-0.2, -0.15) is 0 Å². The van der Waals surface area contributed by atoms with Crippen molar-refractivity contribution < 1.29 is 4.74 Å². The van der Waals surface area contributed by atoms with Gasteiger partial charge in [0.1, 0.15) is 11.6 Å². The molecule has 1 saturated heterocycles. The van der Waals surface area contributed by atoms with Crippen LogP contribution in [-0.2, 0) is 4.74 Å². The first-order chi connectivity index (χ1) is 8.81. The van der Waals surface area contributed by atoms with Crippen molar-refractivity contribution in [3.8, 4) is 0 Å². The lowest BCUT2D eigenvalue weighted by Gasteiger charge is -2.32. The van der Waals surface area contributed by atoms with Crippen LogP contribution in [0.5, 0.6) is 0 Å². The lowest BCUT2D eigenvalue weighted by molar-refractivity contribution is 0.0853. The van der Waals surface area contributed by atoms with Crippen LogP contribution in [0.2, 0.25) is 0 Å². The molecule has 100 valence electrons. The van der Waals surface area contributed by atoms with Crippen molar-refractivity contribution in [1.29, 1.82) is 0 Å². The Hall–Kier alpha value is -1.29. The van der Waals surface area contributed by atoms with Gasteiger partial charge in [0, 0.05) is 32.8 Å². The topological polar surface area (TPSA) is 37.4 Å². The van der Waals surface area contributed by atoms with Crippen LogP contribution in [0.25, 0.3) is 0 Å². The van der Waals surface area contributed by atoms with Gasteiger partial charge in [-0.3, -0.25) is 0 Å². The number of ether oxygens (including phenoxy) is 1. The fraction of sp³-hybridized carbons (Fsp3) is 0.643. The number of rotatable bonds is 5. The maximum absolute atomic E-state index is 5.40. The summed E-state index contributed by atoms with van der Waals surface area (Å²) in [6, 6.07) is 6.72. The zero-order valence-corrected chi connectivity index (χ0v) is 11.4. The first-order valence-corrected chi connectivity index (χ1v) is 6.82. The highest BCUT2D eigenvalue weighted by atomic mass is 16.5. The van der Waals surface area contributed by atoms with Crippen molar-refractivity contribution in [3.05, 3.63) is 18.2 Å². The van der Waals surface area contributed by atoms with E-state index in [0.29, 0.717) is 6.04 Å². The Morgan fingerprint density at radius 2 is 2.17 bits per heavy atom. The van der Waals surface area contributed by atoms with Gasteiger partial charge >= 0.3 is 0 Å². The molecule has 1 fully saturated rings. The second-order valence-electron chi connectivity index (χ2n) is 4.76. The molecule has 0 spiro atoms. The second-order valence-corrected chi connectivity index (χ2v) is 4.76. The normalized spacial score (nSPS) is 16.6. The molecular weight excluding hydrogens is 226 g/mol. The minimum absolute atomic E-state index is 0.549. The highest BCUT2D eigenvalue weighted by molar-refractivity contribution is 5.47. The van der Waals surface area contributed by atoms with Gasteiger partial charge in [0.15, 0.2) is 0 Å². The molecular formula is C14H23N3O. The van der Waals surface area contributed by atoms with Crippen LogP contribution in [0.1, 0.15) is 26.2 Å². The second kappa shape index (κ2) is 6.59. The molecule has 1 aromatic heterocycles. The number of hydrogen-bond acceptors (Lipinski definition) is 4. The maximum atomic E-state index is 5.40. The van der Waals surface area contributed by atoms with Gasteiger partial charge in [0.05, 0.1) is 0 Å². The zero-order valence-electron chi connectivity index (χ0n) is 11.4. The minimum atomic E-state index is 0.549. The minimum Gasteiger partial charge on any atom is -0.381 e. The van der Waals surface area contributed by atoms with Crippen molar-refractivity contribution >= 4 is 11.6 Å².